The average molecular weight is 250 g/mol. The molecule has 0 aliphatic heterocycles. The second-order valence-corrected chi connectivity index (χ2v) is 5.15. The minimum absolute atomic E-state index is 0.111. The summed E-state index contributed by atoms with van der Waals surface area (Å²) in [6.07, 6.45) is 0.774. The molecule has 0 amide bonds. The summed E-state index contributed by atoms with van der Waals surface area (Å²) in [6, 6.07) is 5.18. The van der Waals surface area contributed by atoms with Crippen LogP contribution in [0.15, 0.2) is 23.6 Å². The Labute approximate surface area is 104 Å². The van der Waals surface area contributed by atoms with Crippen molar-refractivity contribution in [2.45, 2.75) is 26.3 Å². The molecule has 0 bridgehead atoms. The van der Waals surface area contributed by atoms with E-state index < -0.39 is 0 Å². The SMILES string of the molecule is Cc1cc(-c2nc(CC(C)N)cs2)ccc1F. The molecule has 4 heteroatoms. The molecule has 0 spiro atoms. The zero-order chi connectivity index (χ0) is 12.4. The molecule has 1 aromatic heterocycles. The van der Waals surface area contributed by atoms with Gasteiger partial charge in [-0.2, -0.15) is 0 Å². The van der Waals surface area contributed by atoms with E-state index in [-0.39, 0.29) is 11.9 Å². The predicted octanol–water partition coefficient (Wildman–Crippen LogP) is 3.15. The third-order valence-corrected chi connectivity index (χ3v) is 3.43. The van der Waals surface area contributed by atoms with Crippen molar-refractivity contribution in [3.63, 3.8) is 0 Å². The summed E-state index contributed by atoms with van der Waals surface area (Å²) >= 11 is 1.57. The van der Waals surface area contributed by atoms with Crippen molar-refractivity contribution in [2.75, 3.05) is 0 Å². The topological polar surface area (TPSA) is 38.9 Å². The summed E-state index contributed by atoms with van der Waals surface area (Å²) in [5, 5.41) is 2.93. The van der Waals surface area contributed by atoms with Crippen molar-refractivity contribution in [1.29, 1.82) is 0 Å². The molecule has 2 nitrogen and oxygen atoms in total. The normalized spacial score (nSPS) is 12.7. The summed E-state index contributed by atoms with van der Waals surface area (Å²) < 4.78 is 13.2. The van der Waals surface area contributed by atoms with Crippen LogP contribution in [-0.4, -0.2) is 11.0 Å². The van der Waals surface area contributed by atoms with Crippen molar-refractivity contribution in [2.24, 2.45) is 5.73 Å². The van der Waals surface area contributed by atoms with E-state index in [0.29, 0.717) is 5.56 Å². The maximum atomic E-state index is 13.2. The molecule has 1 unspecified atom stereocenters. The van der Waals surface area contributed by atoms with Crippen LogP contribution in [-0.2, 0) is 6.42 Å². The molecule has 90 valence electrons. The Bertz CT molecular complexity index is 520. The first-order valence-electron chi connectivity index (χ1n) is 5.53. The van der Waals surface area contributed by atoms with Gasteiger partial charge >= 0.3 is 0 Å². The van der Waals surface area contributed by atoms with E-state index in [1.807, 2.05) is 18.4 Å². The van der Waals surface area contributed by atoms with E-state index >= 15 is 0 Å². The molecule has 0 saturated heterocycles. The second kappa shape index (κ2) is 4.94. The van der Waals surface area contributed by atoms with Crippen molar-refractivity contribution < 1.29 is 4.39 Å². The number of halogens is 1. The van der Waals surface area contributed by atoms with E-state index in [1.165, 1.54) is 6.07 Å². The fourth-order valence-electron chi connectivity index (χ4n) is 1.64. The van der Waals surface area contributed by atoms with Crippen LogP contribution in [0.1, 0.15) is 18.2 Å². The summed E-state index contributed by atoms with van der Waals surface area (Å²) in [7, 11) is 0. The molecule has 2 N–H and O–H groups in total. The third kappa shape index (κ3) is 2.90. The van der Waals surface area contributed by atoms with E-state index in [1.54, 1.807) is 24.3 Å². The summed E-state index contributed by atoms with van der Waals surface area (Å²) in [5.74, 6) is -0.180. The molecular weight excluding hydrogens is 235 g/mol. The number of aryl methyl sites for hydroxylation is 1. The van der Waals surface area contributed by atoms with Crippen LogP contribution in [0.4, 0.5) is 4.39 Å². The Morgan fingerprint density at radius 1 is 1.47 bits per heavy atom. The number of hydrogen-bond acceptors (Lipinski definition) is 3. The van der Waals surface area contributed by atoms with Crippen LogP contribution in [0.5, 0.6) is 0 Å². The zero-order valence-corrected chi connectivity index (χ0v) is 10.7. The highest BCUT2D eigenvalue weighted by atomic mass is 32.1. The third-order valence-electron chi connectivity index (χ3n) is 2.49. The van der Waals surface area contributed by atoms with E-state index in [0.717, 1.165) is 22.7 Å². The number of nitrogens with two attached hydrogens (primary N) is 1. The highest BCUT2D eigenvalue weighted by Gasteiger charge is 2.07. The van der Waals surface area contributed by atoms with E-state index in [2.05, 4.69) is 4.98 Å². The highest BCUT2D eigenvalue weighted by molar-refractivity contribution is 7.13. The van der Waals surface area contributed by atoms with Gasteiger partial charge in [0.1, 0.15) is 10.8 Å². The molecule has 0 aliphatic carbocycles. The first-order chi connectivity index (χ1) is 8.06. The van der Waals surface area contributed by atoms with Gasteiger partial charge in [-0.25, -0.2) is 9.37 Å². The van der Waals surface area contributed by atoms with Crippen molar-refractivity contribution >= 4 is 11.3 Å². The Kier molecular flexibility index (Phi) is 3.54. The van der Waals surface area contributed by atoms with Crippen LogP contribution in [0, 0.1) is 12.7 Å². The van der Waals surface area contributed by atoms with Gasteiger partial charge in [0, 0.05) is 23.4 Å². The van der Waals surface area contributed by atoms with Gasteiger partial charge in [0.25, 0.3) is 0 Å². The lowest BCUT2D eigenvalue weighted by molar-refractivity contribution is 0.619. The van der Waals surface area contributed by atoms with Crippen LogP contribution >= 0.6 is 11.3 Å². The highest BCUT2D eigenvalue weighted by Crippen LogP contribution is 2.25. The molecule has 0 aliphatic rings. The molecular formula is C13H15FN2S. The molecule has 0 saturated carbocycles. The number of aromatic nitrogens is 1. The molecule has 1 aromatic carbocycles. The number of hydrogen-bond donors (Lipinski definition) is 1. The monoisotopic (exact) mass is 250 g/mol. The van der Waals surface area contributed by atoms with Gasteiger partial charge in [-0.05, 0) is 37.6 Å². The second-order valence-electron chi connectivity index (χ2n) is 4.29. The maximum Gasteiger partial charge on any atom is 0.126 e. The van der Waals surface area contributed by atoms with Crippen LogP contribution in [0.25, 0.3) is 10.6 Å². The lowest BCUT2D eigenvalue weighted by Crippen LogP contribution is -2.17. The Morgan fingerprint density at radius 2 is 2.24 bits per heavy atom. The van der Waals surface area contributed by atoms with Gasteiger partial charge in [-0.1, -0.05) is 0 Å². The van der Waals surface area contributed by atoms with Crippen LogP contribution in [0.3, 0.4) is 0 Å². The number of benzene rings is 1. The van der Waals surface area contributed by atoms with Gasteiger partial charge in [0.05, 0.1) is 5.69 Å². The van der Waals surface area contributed by atoms with Gasteiger partial charge in [-0.15, -0.1) is 11.3 Å². The van der Waals surface area contributed by atoms with Gasteiger partial charge in [0.2, 0.25) is 0 Å². The van der Waals surface area contributed by atoms with Crippen molar-refractivity contribution in [1.82, 2.24) is 4.98 Å². The first-order valence-corrected chi connectivity index (χ1v) is 6.40. The number of rotatable bonds is 3. The predicted molar refractivity (Wildman–Crippen MR) is 69.6 cm³/mol. The number of thiazole rings is 1. The minimum atomic E-state index is -0.180. The van der Waals surface area contributed by atoms with Crippen LogP contribution in [0.2, 0.25) is 0 Å². The summed E-state index contributed by atoms with van der Waals surface area (Å²) in [5.41, 5.74) is 8.34. The van der Waals surface area contributed by atoms with E-state index in [4.69, 9.17) is 5.73 Å². The van der Waals surface area contributed by atoms with E-state index in [9.17, 15) is 4.39 Å². The molecule has 1 heterocycles. The van der Waals surface area contributed by atoms with Crippen molar-refractivity contribution in [3.8, 4) is 10.6 Å². The van der Waals surface area contributed by atoms with Gasteiger partial charge < -0.3 is 5.73 Å². The lowest BCUT2D eigenvalue weighted by atomic mass is 10.1. The van der Waals surface area contributed by atoms with Gasteiger partial charge in [0.15, 0.2) is 0 Å². The Balaban J connectivity index is 2.27. The fourth-order valence-corrected chi connectivity index (χ4v) is 2.47. The Hall–Kier alpha value is -1.26. The average Bonchev–Trinajstić information content (AvgIpc) is 2.69. The minimum Gasteiger partial charge on any atom is -0.328 e. The van der Waals surface area contributed by atoms with Crippen molar-refractivity contribution in [3.05, 3.63) is 40.7 Å². The summed E-state index contributed by atoms with van der Waals surface area (Å²) in [4.78, 5) is 4.51. The zero-order valence-electron chi connectivity index (χ0n) is 9.90. The maximum absolute atomic E-state index is 13.2. The van der Waals surface area contributed by atoms with Crippen LogP contribution < -0.4 is 5.73 Å². The molecule has 2 rings (SSSR count). The standard InChI is InChI=1S/C13H15FN2S/c1-8-5-10(3-4-12(8)14)13-16-11(7-17-13)6-9(2)15/h3-5,7,9H,6,15H2,1-2H3. The largest absolute Gasteiger partial charge is 0.328 e. The molecule has 17 heavy (non-hydrogen) atoms. The van der Waals surface area contributed by atoms with Gasteiger partial charge in [-0.3, -0.25) is 0 Å². The molecule has 0 radical (unpaired) electrons. The molecule has 0 fully saturated rings. The smallest absolute Gasteiger partial charge is 0.126 e. The first kappa shape index (κ1) is 12.2. The molecule has 1 atom stereocenters. The summed E-state index contributed by atoms with van der Waals surface area (Å²) in [6.45, 7) is 3.72. The fraction of sp³-hybridized carbons (Fsp3) is 0.308. The number of nitrogens with zero attached hydrogens (tertiary/aromatic N) is 1. The Morgan fingerprint density at radius 3 is 2.88 bits per heavy atom. The lowest BCUT2D eigenvalue weighted by Gasteiger charge is -2.01. The quantitative estimate of drug-likeness (QED) is 0.909. The molecule has 2 aromatic rings.